The molecule has 2 atom stereocenters. The van der Waals surface area contributed by atoms with Gasteiger partial charge in [0.1, 0.15) is 6.54 Å². The Morgan fingerprint density at radius 3 is 2.70 bits per heavy atom. The SMILES string of the molecule is CC1CC(Nc2cccc3c2cc(C#CCNc2ccc(C(C)(C)C#N)nc2)n3CC(F)(F)F)CCN1. The Morgan fingerprint density at radius 2 is 2.03 bits per heavy atom. The summed E-state index contributed by atoms with van der Waals surface area (Å²) in [6.45, 7) is 5.75. The second-order valence-corrected chi connectivity index (χ2v) is 10.0. The number of nitrogens with one attached hydrogen (secondary N) is 3. The minimum absolute atomic E-state index is 0.230. The summed E-state index contributed by atoms with van der Waals surface area (Å²) in [5.74, 6) is 5.87. The van der Waals surface area contributed by atoms with E-state index in [0.717, 1.165) is 30.5 Å². The van der Waals surface area contributed by atoms with Crippen molar-refractivity contribution in [2.24, 2.45) is 0 Å². The van der Waals surface area contributed by atoms with Gasteiger partial charge in [-0.05, 0) is 76.4 Å². The van der Waals surface area contributed by atoms with Crippen molar-refractivity contribution in [1.82, 2.24) is 14.9 Å². The molecule has 0 spiro atoms. The fraction of sp³-hybridized carbons (Fsp3) is 0.429. The molecule has 0 bridgehead atoms. The Hall–Kier alpha value is -3.69. The van der Waals surface area contributed by atoms with Gasteiger partial charge in [-0.3, -0.25) is 4.98 Å². The number of nitriles is 1. The summed E-state index contributed by atoms with van der Waals surface area (Å²) in [4.78, 5) is 4.33. The molecule has 37 heavy (non-hydrogen) atoms. The van der Waals surface area contributed by atoms with E-state index in [1.807, 2.05) is 12.1 Å². The lowest BCUT2D eigenvalue weighted by atomic mass is 9.91. The van der Waals surface area contributed by atoms with Crippen LogP contribution >= 0.6 is 0 Å². The quantitative estimate of drug-likeness (QED) is 0.388. The fourth-order valence-corrected chi connectivity index (χ4v) is 4.55. The minimum atomic E-state index is -4.38. The number of benzene rings is 1. The highest BCUT2D eigenvalue weighted by Gasteiger charge is 2.30. The third-order valence-electron chi connectivity index (χ3n) is 6.55. The molecular formula is C28H31F3N6. The first-order valence-electron chi connectivity index (χ1n) is 12.4. The summed E-state index contributed by atoms with van der Waals surface area (Å²) < 4.78 is 41.6. The van der Waals surface area contributed by atoms with Crippen LogP contribution in [0.3, 0.4) is 0 Å². The molecule has 1 aliphatic heterocycles. The van der Waals surface area contributed by atoms with Gasteiger partial charge in [-0.15, -0.1) is 0 Å². The van der Waals surface area contributed by atoms with E-state index in [9.17, 15) is 18.4 Å². The molecule has 3 N–H and O–H groups in total. The van der Waals surface area contributed by atoms with Crippen LogP contribution in [-0.2, 0) is 12.0 Å². The number of nitrogens with zero attached hydrogens (tertiary/aromatic N) is 3. The Bertz CT molecular complexity index is 1340. The van der Waals surface area contributed by atoms with E-state index in [1.165, 1.54) is 4.57 Å². The molecule has 1 fully saturated rings. The fourth-order valence-electron chi connectivity index (χ4n) is 4.55. The zero-order chi connectivity index (χ0) is 26.6. The third-order valence-corrected chi connectivity index (χ3v) is 6.55. The molecule has 3 heterocycles. The number of hydrogen-bond donors (Lipinski definition) is 3. The molecule has 194 valence electrons. The molecule has 0 saturated carbocycles. The average molecular weight is 509 g/mol. The van der Waals surface area contributed by atoms with E-state index < -0.39 is 18.1 Å². The van der Waals surface area contributed by atoms with E-state index in [2.05, 4.69) is 45.8 Å². The zero-order valence-corrected chi connectivity index (χ0v) is 21.2. The van der Waals surface area contributed by atoms with Gasteiger partial charge in [-0.2, -0.15) is 18.4 Å². The molecule has 9 heteroatoms. The van der Waals surface area contributed by atoms with Crippen molar-refractivity contribution in [2.45, 2.75) is 63.8 Å². The van der Waals surface area contributed by atoms with Gasteiger partial charge in [0, 0.05) is 23.2 Å². The molecule has 0 amide bonds. The number of fused-ring (bicyclic) bond motifs is 1. The number of pyridine rings is 1. The maximum Gasteiger partial charge on any atom is 0.406 e. The Kier molecular flexibility index (Phi) is 7.65. The van der Waals surface area contributed by atoms with Gasteiger partial charge in [-0.25, -0.2) is 0 Å². The van der Waals surface area contributed by atoms with Crippen molar-refractivity contribution in [3.05, 3.63) is 54.0 Å². The standard InChI is InChI=1S/C28H31F3N6/c1-19-14-20(11-13-33-19)36-24-7-4-8-25-23(24)15-22(37(25)18-28(29,30)31)6-5-12-34-21-9-10-26(35-16-21)27(2,3)17-32/h4,7-10,15-16,19-20,33-34,36H,11-14,18H2,1-3H3. The van der Waals surface area contributed by atoms with Crippen molar-refractivity contribution >= 4 is 22.3 Å². The number of aromatic nitrogens is 2. The van der Waals surface area contributed by atoms with Gasteiger partial charge >= 0.3 is 6.18 Å². The monoisotopic (exact) mass is 508 g/mol. The van der Waals surface area contributed by atoms with Crippen molar-refractivity contribution in [3.63, 3.8) is 0 Å². The second-order valence-electron chi connectivity index (χ2n) is 10.0. The molecule has 1 aromatic carbocycles. The molecule has 0 radical (unpaired) electrons. The summed E-state index contributed by atoms with van der Waals surface area (Å²) in [6.07, 6.45) is -0.858. The van der Waals surface area contributed by atoms with Crippen LogP contribution in [0, 0.1) is 23.2 Å². The maximum absolute atomic E-state index is 13.5. The van der Waals surface area contributed by atoms with Crippen molar-refractivity contribution in [3.8, 4) is 17.9 Å². The highest BCUT2D eigenvalue weighted by atomic mass is 19.4. The van der Waals surface area contributed by atoms with Crippen LogP contribution in [0.15, 0.2) is 42.6 Å². The van der Waals surface area contributed by atoms with Crippen molar-refractivity contribution in [2.75, 3.05) is 23.7 Å². The molecular weight excluding hydrogens is 477 g/mol. The molecule has 3 aromatic rings. The number of piperidine rings is 1. The molecule has 2 unspecified atom stereocenters. The Labute approximate surface area is 215 Å². The van der Waals surface area contributed by atoms with Gasteiger partial charge < -0.3 is 20.5 Å². The largest absolute Gasteiger partial charge is 0.406 e. The van der Waals surface area contributed by atoms with Crippen molar-refractivity contribution in [1.29, 1.82) is 5.26 Å². The summed E-state index contributed by atoms with van der Waals surface area (Å²) in [5, 5.41) is 20.1. The van der Waals surface area contributed by atoms with Gasteiger partial charge in [0.25, 0.3) is 0 Å². The van der Waals surface area contributed by atoms with Crippen LogP contribution in [-0.4, -0.2) is 40.9 Å². The van der Waals surface area contributed by atoms with E-state index in [-0.39, 0.29) is 12.6 Å². The number of anilines is 2. The first-order valence-corrected chi connectivity index (χ1v) is 12.4. The first kappa shape index (κ1) is 26.4. The van der Waals surface area contributed by atoms with E-state index in [1.54, 1.807) is 44.3 Å². The van der Waals surface area contributed by atoms with Crippen LogP contribution in [0.4, 0.5) is 24.5 Å². The van der Waals surface area contributed by atoms with Crippen LogP contribution < -0.4 is 16.0 Å². The summed E-state index contributed by atoms with van der Waals surface area (Å²) in [7, 11) is 0. The number of alkyl halides is 3. The Morgan fingerprint density at radius 1 is 1.22 bits per heavy atom. The Balaban J connectivity index is 1.55. The van der Waals surface area contributed by atoms with E-state index in [4.69, 9.17) is 0 Å². The highest BCUT2D eigenvalue weighted by molar-refractivity contribution is 5.94. The van der Waals surface area contributed by atoms with Gasteiger partial charge in [0.15, 0.2) is 0 Å². The van der Waals surface area contributed by atoms with Crippen LogP contribution in [0.1, 0.15) is 45.0 Å². The van der Waals surface area contributed by atoms with E-state index >= 15 is 0 Å². The van der Waals surface area contributed by atoms with Crippen molar-refractivity contribution < 1.29 is 13.2 Å². The predicted molar refractivity (Wildman–Crippen MR) is 140 cm³/mol. The topological polar surface area (TPSA) is 77.7 Å². The van der Waals surface area contributed by atoms with Crippen LogP contribution in [0.2, 0.25) is 0 Å². The van der Waals surface area contributed by atoms with E-state index in [0.29, 0.717) is 28.6 Å². The number of halogens is 3. The van der Waals surface area contributed by atoms with Gasteiger partial charge in [0.05, 0.1) is 46.8 Å². The maximum atomic E-state index is 13.5. The third kappa shape index (κ3) is 6.55. The normalized spacial score (nSPS) is 18.1. The summed E-state index contributed by atoms with van der Waals surface area (Å²) >= 11 is 0. The summed E-state index contributed by atoms with van der Waals surface area (Å²) in [6, 6.07) is 13.6. The molecule has 1 aliphatic rings. The lowest BCUT2D eigenvalue weighted by molar-refractivity contribution is -0.140. The molecule has 2 aromatic heterocycles. The molecule has 6 nitrogen and oxygen atoms in total. The lowest BCUT2D eigenvalue weighted by Crippen LogP contribution is -2.41. The average Bonchev–Trinajstić information content (AvgIpc) is 3.19. The predicted octanol–water partition coefficient (Wildman–Crippen LogP) is 5.42. The smallest absolute Gasteiger partial charge is 0.382 e. The van der Waals surface area contributed by atoms with Crippen LogP contribution in [0.25, 0.3) is 10.9 Å². The van der Waals surface area contributed by atoms with Gasteiger partial charge in [0.2, 0.25) is 0 Å². The zero-order valence-electron chi connectivity index (χ0n) is 21.2. The molecule has 1 saturated heterocycles. The molecule has 4 rings (SSSR count). The highest BCUT2D eigenvalue weighted by Crippen LogP contribution is 2.31. The second kappa shape index (κ2) is 10.7. The number of hydrogen-bond acceptors (Lipinski definition) is 5. The van der Waals surface area contributed by atoms with Gasteiger partial charge in [-0.1, -0.05) is 12.0 Å². The first-order chi connectivity index (χ1) is 17.6. The summed E-state index contributed by atoms with van der Waals surface area (Å²) in [5.41, 5.74) is 2.32. The number of rotatable bonds is 6. The lowest BCUT2D eigenvalue weighted by Gasteiger charge is -2.29. The molecule has 0 aliphatic carbocycles. The van der Waals surface area contributed by atoms with Crippen LogP contribution in [0.5, 0.6) is 0 Å². The minimum Gasteiger partial charge on any atom is -0.382 e.